The van der Waals surface area contributed by atoms with Crippen LogP contribution in [0.5, 0.6) is 5.75 Å². The number of rotatable bonds is 9. The maximum absolute atomic E-state index is 12.3. The summed E-state index contributed by atoms with van der Waals surface area (Å²) in [7, 11) is 0. The van der Waals surface area contributed by atoms with Gasteiger partial charge in [0.05, 0.1) is 18.0 Å². The Kier molecular flexibility index (Phi) is 7.06. The van der Waals surface area contributed by atoms with Crippen LogP contribution in [0.2, 0.25) is 0 Å². The molecule has 134 valence electrons. The first-order chi connectivity index (χ1) is 12.1. The third kappa shape index (κ3) is 5.09. The normalized spacial score (nSPS) is 10.7. The third-order valence-corrected chi connectivity index (χ3v) is 4.33. The molecule has 0 aliphatic rings. The molecule has 1 N–H and O–H groups in total. The zero-order valence-corrected chi connectivity index (χ0v) is 15.7. The third-order valence-electron chi connectivity index (χ3n) is 3.37. The molecule has 0 bridgehead atoms. The number of nitrogens with one attached hydrogen (secondary N) is 1. The van der Waals surface area contributed by atoms with Crippen LogP contribution in [0.3, 0.4) is 0 Å². The van der Waals surface area contributed by atoms with Gasteiger partial charge < -0.3 is 14.6 Å². The monoisotopic (exact) mass is 360 g/mol. The number of carbonyl (C=O) groups excluding carboxylic acids is 1. The van der Waals surface area contributed by atoms with Gasteiger partial charge in [0.1, 0.15) is 11.6 Å². The van der Waals surface area contributed by atoms with E-state index in [1.165, 1.54) is 11.8 Å². The number of thioether (sulfide) groups is 1. The van der Waals surface area contributed by atoms with Gasteiger partial charge in [0.25, 0.3) is 0 Å². The van der Waals surface area contributed by atoms with Crippen LogP contribution < -0.4 is 10.1 Å². The zero-order chi connectivity index (χ0) is 18.2. The van der Waals surface area contributed by atoms with E-state index in [-0.39, 0.29) is 17.6 Å². The number of allylic oxidation sites excluding steroid dienone is 1. The average Bonchev–Trinajstić information content (AvgIpc) is 2.98. The fraction of sp³-hybridized carbons (Fsp3) is 0.389. The molecular formula is C18H24N4O2S. The Hall–Kier alpha value is -2.28. The minimum Gasteiger partial charge on any atom is -0.492 e. The standard InChI is InChI=1S/C18H24N4O2S/c1-5-11-22-17(13(3)4)20-21-18(22)25-12-16(23)19-14-9-7-8-10-15(14)24-6-2/h5,7-10,13H,1,6,11-12H2,2-4H3,(H,19,23). The van der Waals surface area contributed by atoms with Gasteiger partial charge in [-0.15, -0.1) is 16.8 Å². The summed E-state index contributed by atoms with van der Waals surface area (Å²) in [5.41, 5.74) is 0.672. The van der Waals surface area contributed by atoms with Crippen molar-refractivity contribution < 1.29 is 9.53 Å². The Labute approximate surface area is 152 Å². The molecule has 0 saturated carbocycles. The Balaban J connectivity index is 2.02. The Morgan fingerprint density at radius 3 is 2.84 bits per heavy atom. The van der Waals surface area contributed by atoms with Gasteiger partial charge in [0, 0.05) is 12.5 Å². The van der Waals surface area contributed by atoms with E-state index in [0.29, 0.717) is 24.6 Å². The number of hydrogen-bond acceptors (Lipinski definition) is 5. The molecule has 2 aromatic rings. The van der Waals surface area contributed by atoms with Crippen LogP contribution in [0.15, 0.2) is 42.1 Å². The molecule has 0 aliphatic heterocycles. The maximum Gasteiger partial charge on any atom is 0.234 e. The summed E-state index contributed by atoms with van der Waals surface area (Å²) < 4.78 is 7.51. The van der Waals surface area contributed by atoms with Gasteiger partial charge in [-0.25, -0.2) is 0 Å². The van der Waals surface area contributed by atoms with Gasteiger partial charge in [-0.3, -0.25) is 4.79 Å². The van der Waals surface area contributed by atoms with E-state index in [1.54, 1.807) is 6.08 Å². The van der Waals surface area contributed by atoms with Crippen LogP contribution in [-0.4, -0.2) is 33.0 Å². The first kappa shape index (κ1) is 19.1. The quantitative estimate of drug-likeness (QED) is 0.545. The second-order valence-corrected chi connectivity index (χ2v) is 6.60. The van der Waals surface area contributed by atoms with Crippen molar-refractivity contribution in [1.82, 2.24) is 14.8 Å². The summed E-state index contributed by atoms with van der Waals surface area (Å²) in [5, 5.41) is 12.0. The zero-order valence-electron chi connectivity index (χ0n) is 14.9. The topological polar surface area (TPSA) is 69.0 Å². The highest BCUT2D eigenvalue weighted by Gasteiger charge is 2.16. The SMILES string of the molecule is C=CCn1c(SCC(=O)Nc2ccccc2OCC)nnc1C(C)C. The number of nitrogens with zero attached hydrogens (tertiary/aromatic N) is 3. The minimum absolute atomic E-state index is 0.114. The van der Waals surface area contributed by atoms with Crippen molar-refractivity contribution in [2.75, 3.05) is 17.7 Å². The van der Waals surface area contributed by atoms with Gasteiger partial charge in [-0.2, -0.15) is 0 Å². The Morgan fingerprint density at radius 1 is 1.40 bits per heavy atom. The summed E-state index contributed by atoms with van der Waals surface area (Å²) >= 11 is 1.36. The van der Waals surface area contributed by atoms with Crippen LogP contribution in [0.1, 0.15) is 32.5 Å². The lowest BCUT2D eigenvalue weighted by Crippen LogP contribution is -2.15. The number of carbonyl (C=O) groups is 1. The fourth-order valence-electron chi connectivity index (χ4n) is 2.30. The van der Waals surface area contributed by atoms with Crippen LogP contribution >= 0.6 is 11.8 Å². The summed E-state index contributed by atoms with van der Waals surface area (Å²) in [6, 6.07) is 7.40. The van der Waals surface area contributed by atoms with E-state index in [1.807, 2.05) is 35.8 Å². The van der Waals surface area contributed by atoms with Crippen molar-refractivity contribution in [3.05, 3.63) is 42.7 Å². The van der Waals surface area contributed by atoms with Crippen LogP contribution in [0, 0.1) is 0 Å². The molecule has 0 radical (unpaired) electrons. The van der Waals surface area contributed by atoms with E-state index in [9.17, 15) is 4.79 Å². The van der Waals surface area contributed by atoms with Crippen molar-refractivity contribution in [3.8, 4) is 5.75 Å². The van der Waals surface area contributed by atoms with Crippen LogP contribution in [-0.2, 0) is 11.3 Å². The maximum atomic E-state index is 12.3. The number of amides is 1. The fourth-order valence-corrected chi connectivity index (χ4v) is 3.06. The van der Waals surface area contributed by atoms with Gasteiger partial charge >= 0.3 is 0 Å². The summed E-state index contributed by atoms with van der Waals surface area (Å²) in [6.07, 6.45) is 1.80. The molecule has 0 atom stereocenters. The van der Waals surface area contributed by atoms with E-state index in [2.05, 4.69) is 35.9 Å². The van der Waals surface area contributed by atoms with Crippen molar-refractivity contribution in [2.24, 2.45) is 0 Å². The molecular weight excluding hydrogens is 336 g/mol. The summed E-state index contributed by atoms with van der Waals surface area (Å²) in [4.78, 5) is 12.3. The Bertz CT molecular complexity index is 728. The largest absolute Gasteiger partial charge is 0.492 e. The van der Waals surface area contributed by atoms with Gasteiger partial charge in [-0.1, -0.05) is 43.8 Å². The molecule has 0 saturated heterocycles. The van der Waals surface area contributed by atoms with E-state index in [0.717, 1.165) is 11.0 Å². The summed E-state index contributed by atoms with van der Waals surface area (Å²) in [6.45, 7) is 11.0. The molecule has 0 fully saturated rings. The average molecular weight is 360 g/mol. The minimum atomic E-state index is -0.114. The second-order valence-electron chi connectivity index (χ2n) is 5.66. The molecule has 1 heterocycles. The summed E-state index contributed by atoms with van der Waals surface area (Å²) in [5.74, 6) is 1.95. The molecule has 1 aromatic carbocycles. The number of ether oxygens (including phenoxy) is 1. The van der Waals surface area contributed by atoms with E-state index in [4.69, 9.17) is 4.74 Å². The molecule has 6 nitrogen and oxygen atoms in total. The van der Waals surface area contributed by atoms with Crippen molar-refractivity contribution >= 4 is 23.4 Å². The molecule has 1 amide bonds. The lowest BCUT2D eigenvalue weighted by atomic mass is 10.2. The number of para-hydroxylation sites is 2. The van der Waals surface area contributed by atoms with Crippen LogP contribution in [0.4, 0.5) is 5.69 Å². The molecule has 7 heteroatoms. The van der Waals surface area contributed by atoms with E-state index < -0.39 is 0 Å². The lowest BCUT2D eigenvalue weighted by Gasteiger charge is -2.11. The predicted molar refractivity (Wildman–Crippen MR) is 101 cm³/mol. The lowest BCUT2D eigenvalue weighted by molar-refractivity contribution is -0.113. The first-order valence-electron chi connectivity index (χ1n) is 8.25. The van der Waals surface area contributed by atoms with Crippen molar-refractivity contribution in [3.63, 3.8) is 0 Å². The number of aromatic nitrogens is 3. The van der Waals surface area contributed by atoms with Crippen molar-refractivity contribution in [2.45, 2.75) is 38.4 Å². The predicted octanol–water partition coefficient (Wildman–Crippen LogP) is 3.72. The highest BCUT2D eigenvalue weighted by Crippen LogP contribution is 2.25. The molecule has 2 rings (SSSR count). The highest BCUT2D eigenvalue weighted by atomic mass is 32.2. The van der Waals surface area contributed by atoms with Gasteiger partial charge in [0.15, 0.2) is 5.16 Å². The second kappa shape index (κ2) is 9.27. The number of anilines is 1. The Morgan fingerprint density at radius 2 is 2.16 bits per heavy atom. The highest BCUT2D eigenvalue weighted by molar-refractivity contribution is 7.99. The molecule has 0 spiro atoms. The van der Waals surface area contributed by atoms with Gasteiger partial charge in [0.2, 0.25) is 5.91 Å². The molecule has 0 unspecified atom stereocenters. The smallest absolute Gasteiger partial charge is 0.234 e. The number of benzene rings is 1. The molecule has 25 heavy (non-hydrogen) atoms. The van der Waals surface area contributed by atoms with Gasteiger partial charge in [-0.05, 0) is 19.1 Å². The van der Waals surface area contributed by atoms with E-state index >= 15 is 0 Å². The molecule has 0 aliphatic carbocycles. The first-order valence-corrected chi connectivity index (χ1v) is 9.23. The van der Waals surface area contributed by atoms with Crippen LogP contribution in [0.25, 0.3) is 0 Å². The number of hydrogen-bond donors (Lipinski definition) is 1. The molecule has 1 aromatic heterocycles. The van der Waals surface area contributed by atoms with Crippen molar-refractivity contribution in [1.29, 1.82) is 0 Å².